The molecule has 0 aromatic heterocycles. The number of carbonyl (C=O) groups excluding carboxylic acids is 2. The van der Waals surface area contributed by atoms with E-state index in [0.29, 0.717) is 19.6 Å². The van der Waals surface area contributed by atoms with Gasteiger partial charge in [0.15, 0.2) is 0 Å². The molecule has 2 aromatic carbocycles. The van der Waals surface area contributed by atoms with Gasteiger partial charge in [-0.1, -0.05) is 43.0 Å². The molecule has 0 heterocycles. The summed E-state index contributed by atoms with van der Waals surface area (Å²) in [5.74, 6) is 0.543. The van der Waals surface area contributed by atoms with Gasteiger partial charge < -0.3 is 15.4 Å². The maximum absolute atomic E-state index is 11.3. The van der Waals surface area contributed by atoms with Gasteiger partial charge >= 0.3 is 0 Å². The highest BCUT2D eigenvalue weighted by molar-refractivity contribution is 6.00. The summed E-state index contributed by atoms with van der Waals surface area (Å²) in [5.41, 5.74) is 5.67. The van der Waals surface area contributed by atoms with Crippen LogP contribution in [0.3, 0.4) is 0 Å². The van der Waals surface area contributed by atoms with Crippen molar-refractivity contribution < 1.29 is 14.3 Å². The zero-order valence-electron chi connectivity index (χ0n) is 14.3. The molecule has 26 heavy (non-hydrogen) atoms. The lowest BCUT2D eigenvalue weighted by atomic mass is 10.1. The quantitative estimate of drug-likeness (QED) is 0.486. The van der Waals surface area contributed by atoms with Crippen LogP contribution in [0.15, 0.2) is 61.2 Å². The summed E-state index contributed by atoms with van der Waals surface area (Å²) in [6.07, 6.45) is 4.14. The first-order chi connectivity index (χ1) is 12.7. The van der Waals surface area contributed by atoms with Crippen LogP contribution in [-0.4, -0.2) is 32.0 Å². The Bertz CT molecular complexity index is 871. The molecule has 5 nitrogen and oxygen atoms in total. The standard InChI is InChI=1S/C21H20N2O3/c1-15-17-6-2-3-7-18(17)19-9-8-16(12-20(15)19)26-11-5-4-10-23-21(25)13-22-14-24/h2-9,12,14H,1,10-11,13H2,(H,22,24)(H,23,25)/b5-4+. The third-order valence-corrected chi connectivity index (χ3v) is 4.13. The van der Waals surface area contributed by atoms with Crippen LogP contribution in [0.4, 0.5) is 0 Å². The normalized spacial score (nSPS) is 11.8. The van der Waals surface area contributed by atoms with E-state index in [-0.39, 0.29) is 12.5 Å². The molecule has 0 radical (unpaired) electrons. The van der Waals surface area contributed by atoms with Crippen molar-refractivity contribution in [3.8, 4) is 16.9 Å². The molecule has 1 aliphatic rings. The van der Waals surface area contributed by atoms with Crippen LogP contribution >= 0.6 is 0 Å². The summed E-state index contributed by atoms with van der Waals surface area (Å²) in [7, 11) is 0. The number of hydrogen-bond acceptors (Lipinski definition) is 3. The van der Waals surface area contributed by atoms with E-state index in [1.807, 2.05) is 30.3 Å². The maximum atomic E-state index is 11.3. The second-order valence-corrected chi connectivity index (χ2v) is 5.82. The minimum atomic E-state index is -0.237. The number of ether oxygens (including phenoxy) is 1. The van der Waals surface area contributed by atoms with E-state index in [9.17, 15) is 9.59 Å². The summed E-state index contributed by atoms with van der Waals surface area (Å²) < 4.78 is 5.75. The molecule has 0 saturated heterocycles. The Kier molecular flexibility index (Phi) is 5.49. The van der Waals surface area contributed by atoms with Crippen molar-refractivity contribution in [2.75, 3.05) is 19.7 Å². The molecule has 1 aliphatic carbocycles. The van der Waals surface area contributed by atoms with Crippen molar-refractivity contribution in [1.82, 2.24) is 10.6 Å². The van der Waals surface area contributed by atoms with Gasteiger partial charge in [0.25, 0.3) is 0 Å². The van der Waals surface area contributed by atoms with E-state index in [0.717, 1.165) is 16.9 Å². The number of hydrogen-bond donors (Lipinski definition) is 2. The first-order valence-corrected chi connectivity index (χ1v) is 8.35. The molecular weight excluding hydrogens is 328 g/mol. The largest absolute Gasteiger partial charge is 0.490 e. The van der Waals surface area contributed by atoms with Crippen LogP contribution in [0, 0.1) is 0 Å². The topological polar surface area (TPSA) is 67.4 Å². The maximum Gasteiger partial charge on any atom is 0.239 e. The second-order valence-electron chi connectivity index (χ2n) is 5.82. The van der Waals surface area contributed by atoms with E-state index in [1.54, 1.807) is 6.08 Å². The Hall–Kier alpha value is -3.34. The summed E-state index contributed by atoms with van der Waals surface area (Å²) in [5, 5.41) is 4.96. The highest BCUT2D eigenvalue weighted by Crippen LogP contribution is 2.44. The third-order valence-electron chi connectivity index (χ3n) is 4.13. The molecule has 0 spiro atoms. The lowest BCUT2D eigenvalue weighted by Crippen LogP contribution is -2.33. The van der Waals surface area contributed by atoms with Crippen LogP contribution in [0.1, 0.15) is 11.1 Å². The van der Waals surface area contributed by atoms with Crippen molar-refractivity contribution in [1.29, 1.82) is 0 Å². The highest BCUT2D eigenvalue weighted by Gasteiger charge is 2.21. The van der Waals surface area contributed by atoms with Crippen LogP contribution in [0.25, 0.3) is 16.7 Å². The van der Waals surface area contributed by atoms with Crippen molar-refractivity contribution in [2.45, 2.75) is 0 Å². The van der Waals surface area contributed by atoms with E-state index in [2.05, 4.69) is 35.4 Å². The number of carbonyl (C=O) groups is 2. The summed E-state index contributed by atoms with van der Waals surface area (Å²) in [4.78, 5) is 21.4. The number of rotatable bonds is 8. The Morgan fingerprint density at radius 1 is 1.04 bits per heavy atom. The van der Waals surface area contributed by atoms with Crippen LogP contribution in [0.5, 0.6) is 5.75 Å². The fraction of sp³-hybridized carbons (Fsp3) is 0.143. The highest BCUT2D eigenvalue weighted by atomic mass is 16.5. The molecule has 2 aromatic rings. The Labute approximate surface area is 152 Å². The third kappa shape index (κ3) is 3.83. The summed E-state index contributed by atoms with van der Waals surface area (Å²) in [6, 6.07) is 14.3. The summed E-state index contributed by atoms with van der Waals surface area (Å²) >= 11 is 0. The number of fused-ring (bicyclic) bond motifs is 3. The first kappa shape index (κ1) is 17.5. The Balaban J connectivity index is 1.52. The molecule has 0 bridgehead atoms. The van der Waals surface area contributed by atoms with Gasteiger partial charge in [-0.3, -0.25) is 9.59 Å². The minimum absolute atomic E-state index is 0.0186. The van der Waals surface area contributed by atoms with Crippen molar-refractivity contribution in [2.24, 2.45) is 0 Å². The van der Waals surface area contributed by atoms with Gasteiger partial charge in [0, 0.05) is 6.54 Å². The Morgan fingerprint density at radius 3 is 2.62 bits per heavy atom. The molecule has 0 saturated carbocycles. The molecular formula is C21H20N2O3. The monoisotopic (exact) mass is 348 g/mol. The Morgan fingerprint density at radius 2 is 1.81 bits per heavy atom. The van der Waals surface area contributed by atoms with Gasteiger partial charge in [-0.05, 0) is 46.0 Å². The molecule has 0 aliphatic heterocycles. The molecule has 132 valence electrons. The van der Waals surface area contributed by atoms with Crippen LogP contribution in [0.2, 0.25) is 0 Å². The average Bonchev–Trinajstić information content (AvgIpc) is 2.95. The smallest absolute Gasteiger partial charge is 0.239 e. The van der Waals surface area contributed by atoms with Crippen LogP contribution in [-0.2, 0) is 9.59 Å². The van der Waals surface area contributed by atoms with Gasteiger partial charge in [0.2, 0.25) is 12.3 Å². The van der Waals surface area contributed by atoms with Crippen molar-refractivity contribution >= 4 is 17.9 Å². The van der Waals surface area contributed by atoms with E-state index < -0.39 is 0 Å². The summed E-state index contributed by atoms with van der Waals surface area (Å²) in [6.45, 7) is 4.97. The van der Waals surface area contributed by atoms with Gasteiger partial charge in [-0.2, -0.15) is 0 Å². The zero-order valence-corrected chi connectivity index (χ0v) is 14.3. The van der Waals surface area contributed by atoms with Crippen LogP contribution < -0.4 is 15.4 Å². The first-order valence-electron chi connectivity index (χ1n) is 8.35. The zero-order chi connectivity index (χ0) is 18.4. The van der Waals surface area contributed by atoms with Gasteiger partial charge in [-0.15, -0.1) is 0 Å². The van der Waals surface area contributed by atoms with E-state index in [1.165, 1.54) is 16.7 Å². The van der Waals surface area contributed by atoms with Crippen molar-refractivity contribution in [3.63, 3.8) is 0 Å². The predicted molar refractivity (Wildman–Crippen MR) is 102 cm³/mol. The van der Waals surface area contributed by atoms with Gasteiger partial charge in [-0.25, -0.2) is 0 Å². The molecule has 3 rings (SSSR count). The van der Waals surface area contributed by atoms with E-state index >= 15 is 0 Å². The number of benzene rings is 2. The molecule has 2 amide bonds. The lowest BCUT2D eigenvalue weighted by molar-refractivity contribution is -0.121. The van der Waals surface area contributed by atoms with Gasteiger partial charge in [0.1, 0.15) is 12.4 Å². The second kappa shape index (κ2) is 8.16. The van der Waals surface area contributed by atoms with E-state index in [4.69, 9.17) is 4.74 Å². The fourth-order valence-corrected chi connectivity index (χ4v) is 2.89. The molecule has 2 N–H and O–H groups in total. The predicted octanol–water partition coefficient (Wildman–Crippen LogP) is 2.53. The molecule has 5 heteroatoms. The van der Waals surface area contributed by atoms with Gasteiger partial charge in [0.05, 0.1) is 6.54 Å². The SMILES string of the molecule is C=C1c2ccccc2-c2ccc(OC/C=C/CNC(=O)CNC=O)cc21. The fourth-order valence-electron chi connectivity index (χ4n) is 2.89. The number of amides is 2. The molecule has 0 atom stereocenters. The molecule has 0 fully saturated rings. The van der Waals surface area contributed by atoms with Crippen molar-refractivity contribution in [3.05, 3.63) is 72.3 Å². The average molecular weight is 348 g/mol. The lowest BCUT2D eigenvalue weighted by Gasteiger charge is -2.07. The molecule has 0 unspecified atom stereocenters. The number of nitrogens with one attached hydrogen (secondary N) is 2. The minimum Gasteiger partial charge on any atom is -0.490 e.